The molecular weight excluding hydrogens is 378 g/mol. The van der Waals surface area contributed by atoms with Gasteiger partial charge in [-0.05, 0) is 30.7 Å². The molecule has 1 aromatic heterocycles. The number of nitrogens with zero attached hydrogens (tertiary/aromatic N) is 2. The number of carbonyl (C=O) groups excluding carboxylic acids is 1. The second-order valence-electron chi connectivity index (χ2n) is 7.31. The van der Waals surface area contributed by atoms with Gasteiger partial charge in [-0.3, -0.25) is 9.69 Å². The first-order valence-corrected chi connectivity index (χ1v) is 9.76. The zero-order valence-electron chi connectivity index (χ0n) is 16.3. The number of nitrogens with one attached hydrogen (secondary N) is 1. The standard InChI is InChI=1S/C24H19N3O3/c1-15-22(17-7-3-2-4-8-17)27(24(29)30-15)18-13-11-16(12-14-18)21-19-9-5-6-10-20(19)23(28)26-25-21/h2-15,22H,1H3,(H,26,28). The molecule has 2 atom stereocenters. The number of carbonyl (C=O) groups is 1. The Kier molecular flexibility index (Phi) is 4.32. The third kappa shape index (κ3) is 2.93. The van der Waals surface area contributed by atoms with E-state index in [0.717, 1.165) is 22.2 Å². The van der Waals surface area contributed by atoms with E-state index >= 15 is 0 Å². The van der Waals surface area contributed by atoms with Gasteiger partial charge in [-0.25, -0.2) is 9.89 Å². The Morgan fingerprint density at radius 3 is 2.27 bits per heavy atom. The molecule has 1 aliphatic heterocycles. The van der Waals surface area contributed by atoms with E-state index in [4.69, 9.17) is 4.74 Å². The molecule has 0 radical (unpaired) electrons. The van der Waals surface area contributed by atoms with E-state index < -0.39 is 0 Å². The molecule has 1 saturated heterocycles. The van der Waals surface area contributed by atoms with Crippen molar-refractivity contribution in [3.05, 3.63) is 94.8 Å². The summed E-state index contributed by atoms with van der Waals surface area (Å²) in [4.78, 5) is 26.3. The summed E-state index contributed by atoms with van der Waals surface area (Å²) >= 11 is 0. The van der Waals surface area contributed by atoms with Crippen LogP contribution >= 0.6 is 0 Å². The smallest absolute Gasteiger partial charge is 0.415 e. The molecule has 1 amide bonds. The number of rotatable bonds is 3. The Labute approximate surface area is 172 Å². The number of anilines is 1. The maximum Gasteiger partial charge on any atom is 0.415 e. The number of hydrogen-bond acceptors (Lipinski definition) is 4. The third-order valence-electron chi connectivity index (χ3n) is 5.46. The zero-order chi connectivity index (χ0) is 20.7. The maximum absolute atomic E-state index is 12.6. The minimum atomic E-state index is -0.364. The molecule has 5 rings (SSSR count). The molecule has 1 N–H and O–H groups in total. The van der Waals surface area contributed by atoms with Gasteiger partial charge in [0.2, 0.25) is 0 Å². The first-order chi connectivity index (χ1) is 14.6. The lowest BCUT2D eigenvalue weighted by Crippen LogP contribution is -2.28. The van der Waals surface area contributed by atoms with Crippen molar-refractivity contribution in [1.82, 2.24) is 10.2 Å². The summed E-state index contributed by atoms with van der Waals surface area (Å²) in [5, 5.41) is 8.19. The fourth-order valence-electron chi connectivity index (χ4n) is 4.05. The van der Waals surface area contributed by atoms with Gasteiger partial charge >= 0.3 is 6.09 Å². The highest BCUT2D eigenvalue weighted by atomic mass is 16.6. The number of cyclic esters (lactones) is 1. The summed E-state index contributed by atoms with van der Waals surface area (Å²) < 4.78 is 5.52. The summed E-state index contributed by atoms with van der Waals surface area (Å²) in [6.45, 7) is 1.90. The first kappa shape index (κ1) is 18.1. The van der Waals surface area contributed by atoms with Crippen molar-refractivity contribution < 1.29 is 9.53 Å². The summed E-state index contributed by atoms with van der Waals surface area (Å²) in [6.07, 6.45) is -0.624. The minimum Gasteiger partial charge on any atom is -0.444 e. The van der Waals surface area contributed by atoms with Crippen LogP contribution in [0.4, 0.5) is 10.5 Å². The predicted molar refractivity (Wildman–Crippen MR) is 115 cm³/mol. The number of H-pyrrole nitrogens is 1. The van der Waals surface area contributed by atoms with Crippen LogP contribution in [0.1, 0.15) is 18.5 Å². The highest BCUT2D eigenvalue weighted by Crippen LogP contribution is 2.38. The quantitative estimate of drug-likeness (QED) is 0.545. The molecule has 6 heteroatoms. The van der Waals surface area contributed by atoms with Crippen molar-refractivity contribution in [1.29, 1.82) is 0 Å². The second kappa shape index (κ2) is 7.15. The lowest BCUT2D eigenvalue weighted by molar-refractivity contribution is 0.141. The van der Waals surface area contributed by atoms with Crippen molar-refractivity contribution >= 4 is 22.6 Å². The molecule has 0 spiro atoms. The number of aromatic amines is 1. The van der Waals surface area contributed by atoms with Crippen LogP contribution in [0.15, 0.2) is 83.7 Å². The van der Waals surface area contributed by atoms with Crippen LogP contribution < -0.4 is 10.5 Å². The second-order valence-corrected chi connectivity index (χ2v) is 7.31. The molecule has 0 aliphatic carbocycles. The van der Waals surface area contributed by atoms with Gasteiger partial charge in [-0.2, -0.15) is 5.10 Å². The number of aromatic nitrogens is 2. The van der Waals surface area contributed by atoms with Crippen LogP contribution in [0.3, 0.4) is 0 Å². The van der Waals surface area contributed by atoms with Gasteiger partial charge in [0, 0.05) is 16.6 Å². The van der Waals surface area contributed by atoms with E-state index in [1.165, 1.54) is 0 Å². The molecule has 3 aromatic carbocycles. The molecular formula is C24H19N3O3. The molecule has 6 nitrogen and oxygen atoms in total. The summed E-state index contributed by atoms with van der Waals surface area (Å²) in [6, 6.07) is 24.6. The maximum atomic E-state index is 12.6. The highest BCUT2D eigenvalue weighted by Gasteiger charge is 2.41. The Morgan fingerprint density at radius 2 is 1.53 bits per heavy atom. The van der Waals surface area contributed by atoms with E-state index in [0.29, 0.717) is 11.1 Å². The van der Waals surface area contributed by atoms with Crippen LogP contribution in [0, 0.1) is 0 Å². The van der Waals surface area contributed by atoms with Crippen molar-refractivity contribution in [2.24, 2.45) is 0 Å². The largest absolute Gasteiger partial charge is 0.444 e. The van der Waals surface area contributed by atoms with Crippen LogP contribution in [0.2, 0.25) is 0 Å². The molecule has 2 unspecified atom stereocenters. The van der Waals surface area contributed by atoms with Crippen LogP contribution in [-0.2, 0) is 4.74 Å². The van der Waals surface area contributed by atoms with E-state index in [9.17, 15) is 9.59 Å². The number of ether oxygens (including phenoxy) is 1. The average molecular weight is 397 g/mol. The van der Waals surface area contributed by atoms with Gasteiger partial charge in [0.15, 0.2) is 0 Å². The van der Waals surface area contributed by atoms with E-state index in [1.54, 1.807) is 11.0 Å². The zero-order valence-corrected chi connectivity index (χ0v) is 16.3. The van der Waals surface area contributed by atoms with Gasteiger partial charge in [0.25, 0.3) is 5.56 Å². The Hall–Kier alpha value is -3.93. The number of benzene rings is 3. The van der Waals surface area contributed by atoms with Crippen molar-refractivity contribution in [3.8, 4) is 11.3 Å². The molecule has 0 saturated carbocycles. The normalized spacial score (nSPS) is 18.6. The van der Waals surface area contributed by atoms with Gasteiger partial charge in [-0.15, -0.1) is 0 Å². The summed E-state index contributed by atoms with van der Waals surface area (Å²) in [5.41, 5.74) is 3.09. The topological polar surface area (TPSA) is 75.3 Å². The average Bonchev–Trinajstić information content (AvgIpc) is 3.08. The molecule has 4 aromatic rings. The van der Waals surface area contributed by atoms with E-state index in [1.807, 2.05) is 79.7 Å². The van der Waals surface area contributed by atoms with Crippen molar-refractivity contribution in [2.75, 3.05) is 4.90 Å². The minimum absolute atomic E-state index is 0.198. The molecule has 0 bridgehead atoms. The number of hydrogen-bond donors (Lipinski definition) is 1. The fourth-order valence-corrected chi connectivity index (χ4v) is 4.05. The molecule has 2 heterocycles. The van der Waals surface area contributed by atoms with E-state index in [-0.39, 0.29) is 23.8 Å². The van der Waals surface area contributed by atoms with Crippen molar-refractivity contribution in [2.45, 2.75) is 19.1 Å². The van der Waals surface area contributed by atoms with E-state index in [2.05, 4.69) is 10.2 Å². The Balaban J connectivity index is 1.55. The van der Waals surface area contributed by atoms with Gasteiger partial charge in [0.05, 0.1) is 11.1 Å². The van der Waals surface area contributed by atoms with Gasteiger partial charge < -0.3 is 4.74 Å². The summed E-state index contributed by atoms with van der Waals surface area (Å²) in [5.74, 6) is 0. The number of fused-ring (bicyclic) bond motifs is 1. The third-order valence-corrected chi connectivity index (χ3v) is 5.46. The highest BCUT2D eigenvalue weighted by molar-refractivity contribution is 5.95. The Morgan fingerprint density at radius 1 is 0.867 bits per heavy atom. The monoisotopic (exact) mass is 397 g/mol. The van der Waals surface area contributed by atoms with Crippen LogP contribution in [0.5, 0.6) is 0 Å². The molecule has 30 heavy (non-hydrogen) atoms. The van der Waals surface area contributed by atoms with Gasteiger partial charge in [0.1, 0.15) is 12.1 Å². The summed E-state index contributed by atoms with van der Waals surface area (Å²) in [7, 11) is 0. The van der Waals surface area contributed by atoms with Crippen molar-refractivity contribution in [3.63, 3.8) is 0 Å². The fraction of sp³-hybridized carbons (Fsp3) is 0.125. The molecule has 148 valence electrons. The van der Waals surface area contributed by atoms with Crippen LogP contribution in [-0.4, -0.2) is 22.4 Å². The van der Waals surface area contributed by atoms with Crippen LogP contribution in [0.25, 0.3) is 22.0 Å². The first-order valence-electron chi connectivity index (χ1n) is 9.76. The molecule has 1 aliphatic rings. The lowest BCUT2D eigenvalue weighted by Gasteiger charge is -2.24. The van der Waals surface area contributed by atoms with Gasteiger partial charge in [-0.1, -0.05) is 60.7 Å². The number of amides is 1. The Bertz CT molecular complexity index is 1280. The molecule has 1 fully saturated rings. The predicted octanol–water partition coefficient (Wildman–Crippen LogP) is 4.68. The SMILES string of the molecule is CC1OC(=O)N(c2ccc(-c3n[nH]c(=O)c4ccccc34)cc2)C1c1ccccc1. The lowest BCUT2D eigenvalue weighted by atomic mass is 10.0.